The lowest BCUT2D eigenvalue weighted by Gasteiger charge is -2.36. The number of hydrogen-bond acceptors (Lipinski definition) is 6. The first-order valence-corrected chi connectivity index (χ1v) is 7.39. The Bertz CT molecular complexity index is 376. The number of carbonyl (C=O) groups is 1. The van der Waals surface area contributed by atoms with Crippen LogP contribution in [0.1, 0.15) is 51.4 Å². The van der Waals surface area contributed by atoms with E-state index in [2.05, 4.69) is 0 Å². The molecule has 0 aromatic heterocycles. The minimum absolute atomic E-state index is 0.0775. The first kappa shape index (κ1) is 14.3. The Morgan fingerprint density at radius 2 is 1.85 bits per heavy atom. The Morgan fingerprint density at radius 1 is 1.15 bits per heavy atom. The van der Waals surface area contributed by atoms with Crippen molar-refractivity contribution in [3.63, 3.8) is 0 Å². The molecule has 1 saturated heterocycles. The molecule has 114 valence electrons. The highest BCUT2D eigenvalue weighted by Crippen LogP contribution is 2.49. The summed E-state index contributed by atoms with van der Waals surface area (Å²) in [6.45, 7) is 0. The summed E-state index contributed by atoms with van der Waals surface area (Å²) in [5, 5.41) is 9.79. The first-order valence-electron chi connectivity index (χ1n) is 7.39. The second kappa shape index (κ2) is 5.26. The summed E-state index contributed by atoms with van der Waals surface area (Å²) in [7, 11) is 1.41. The predicted molar refractivity (Wildman–Crippen MR) is 67.2 cm³/mol. The van der Waals surface area contributed by atoms with E-state index >= 15 is 0 Å². The Kier molecular flexibility index (Phi) is 3.75. The maximum Gasteiger partial charge on any atom is 0.308 e. The molecule has 0 aromatic rings. The van der Waals surface area contributed by atoms with Crippen LogP contribution in [0.2, 0.25) is 0 Å². The zero-order chi connectivity index (χ0) is 14.2. The van der Waals surface area contributed by atoms with Crippen LogP contribution in [0.3, 0.4) is 0 Å². The summed E-state index contributed by atoms with van der Waals surface area (Å²) >= 11 is 0. The van der Waals surface area contributed by atoms with Gasteiger partial charge in [-0.05, 0) is 25.7 Å². The molecule has 2 spiro atoms. The molecule has 3 rings (SSSR count). The van der Waals surface area contributed by atoms with Gasteiger partial charge in [-0.25, -0.2) is 0 Å². The molecule has 1 heterocycles. The van der Waals surface area contributed by atoms with Crippen LogP contribution in [-0.4, -0.2) is 35.9 Å². The van der Waals surface area contributed by atoms with Crippen molar-refractivity contribution in [2.24, 2.45) is 5.92 Å². The highest BCUT2D eigenvalue weighted by Gasteiger charge is 2.55. The Hall–Kier alpha value is -0.690. The third-order valence-corrected chi connectivity index (χ3v) is 4.64. The Balaban J connectivity index is 1.61. The van der Waals surface area contributed by atoms with Crippen LogP contribution >= 0.6 is 0 Å². The zero-order valence-electron chi connectivity index (χ0n) is 11.8. The number of esters is 1. The smallest absolute Gasteiger partial charge is 0.308 e. The van der Waals surface area contributed by atoms with E-state index in [0.717, 1.165) is 19.3 Å². The summed E-state index contributed by atoms with van der Waals surface area (Å²) in [5.41, 5.74) is 0. The van der Waals surface area contributed by atoms with Gasteiger partial charge >= 0.3 is 5.97 Å². The molecule has 2 aliphatic carbocycles. The van der Waals surface area contributed by atoms with Crippen LogP contribution in [0.25, 0.3) is 0 Å². The lowest BCUT2D eigenvalue weighted by atomic mass is 9.84. The van der Waals surface area contributed by atoms with Gasteiger partial charge in [-0.3, -0.25) is 4.79 Å². The minimum Gasteiger partial charge on any atom is -0.469 e. The van der Waals surface area contributed by atoms with Crippen LogP contribution in [0.4, 0.5) is 0 Å². The monoisotopic (exact) mass is 286 g/mol. The summed E-state index contributed by atoms with van der Waals surface area (Å²) in [4.78, 5) is 22.5. The maximum atomic E-state index is 11.5. The van der Waals surface area contributed by atoms with Crippen LogP contribution in [0.5, 0.6) is 0 Å². The van der Waals surface area contributed by atoms with Crippen molar-refractivity contribution >= 4 is 5.97 Å². The van der Waals surface area contributed by atoms with Crippen molar-refractivity contribution in [1.29, 1.82) is 0 Å². The summed E-state index contributed by atoms with van der Waals surface area (Å²) in [5.74, 6) is -1.79. The van der Waals surface area contributed by atoms with E-state index in [4.69, 9.17) is 19.2 Å². The second-order valence-corrected chi connectivity index (χ2v) is 6.14. The molecule has 2 atom stereocenters. The van der Waals surface area contributed by atoms with E-state index < -0.39 is 17.7 Å². The number of aliphatic hydroxyl groups is 1. The molecule has 2 unspecified atom stereocenters. The van der Waals surface area contributed by atoms with Gasteiger partial charge in [0.25, 0.3) is 0 Å². The van der Waals surface area contributed by atoms with E-state index in [1.807, 2.05) is 0 Å². The summed E-state index contributed by atoms with van der Waals surface area (Å²) in [6, 6.07) is 0. The van der Waals surface area contributed by atoms with Crippen LogP contribution in [-0.2, 0) is 24.0 Å². The third-order valence-electron chi connectivity index (χ3n) is 4.64. The van der Waals surface area contributed by atoms with E-state index in [-0.39, 0.29) is 11.9 Å². The Morgan fingerprint density at radius 3 is 2.50 bits per heavy atom. The molecule has 2 saturated carbocycles. The molecule has 3 fully saturated rings. The molecule has 6 nitrogen and oxygen atoms in total. The molecule has 20 heavy (non-hydrogen) atoms. The van der Waals surface area contributed by atoms with Gasteiger partial charge in [-0.1, -0.05) is 0 Å². The van der Waals surface area contributed by atoms with Gasteiger partial charge in [0.15, 0.2) is 0 Å². The number of carbonyl (C=O) groups excluding carboxylic acids is 1. The first-order chi connectivity index (χ1) is 9.56. The number of methoxy groups -OCH3 is 1. The quantitative estimate of drug-likeness (QED) is 0.583. The van der Waals surface area contributed by atoms with E-state index in [0.29, 0.717) is 32.1 Å². The molecular formula is C14H22O6. The van der Waals surface area contributed by atoms with Gasteiger partial charge in [0, 0.05) is 25.7 Å². The van der Waals surface area contributed by atoms with Gasteiger partial charge in [0.1, 0.15) is 0 Å². The maximum absolute atomic E-state index is 11.5. The second-order valence-electron chi connectivity index (χ2n) is 6.14. The molecule has 0 radical (unpaired) electrons. The average Bonchev–Trinajstić information content (AvgIpc) is 2.77. The predicted octanol–water partition coefficient (Wildman–Crippen LogP) is 1.66. The number of ether oxygens (including phenoxy) is 2. The van der Waals surface area contributed by atoms with Gasteiger partial charge in [0.2, 0.25) is 11.6 Å². The fourth-order valence-corrected chi connectivity index (χ4v) is 3.51. The van der Waals surface area contributed by atoms with E-state index in [1.54, 1.807) is 0 Å². The van der Waals surface area contributed by atoms with Gasteiger partial charge in [-0.2, -0.15) is 9.78 Å². The van der Waals surface area contributed by atoms with Gasteiger partial charge < -0.3 is 14.6 Å². The lowest BCUT2D eigenvalue weighted by molar-refractivity contribution is -0.361. The largest absolute Gasteiger partial charge is 0.469 e. The molecular weight excluding hydrogens is 264 g/mol. The molecule has 3 aliphatic rings. The summed E-state index contributed by atoms with van der Waals surface area (Å²) in [6.07, 6.45) is 5.03. The Labute approximate surface area is 118 Å². The SMILES string of the molecule is COC(=O)C1CCC2(CC1)OOC1(CCCC(O)C1)O2. The van der Waals surface area contributed by atoms with Crippen LogP contribution < -0.4 is 0 Å². The van der Waals surface area contributed by atoms with E-state index in [1.165, 1.54) is 7.11 Å². The fraction of sp³-hybridized carbons (Fsp3) is 0.929. The van der Waals surface area contributed by atoms with Crippen molar-refractivity contribution in [2.75, 3.05) is 7.11 Å². The van der Waals surface area contributed by atoms with Gasteiger partial charge in [-0.15, -0.1) is 0 Å². The van der Waals surface area contributed by atoms with Crippen molar-refractivity contribution in [3.05, 3.63) is 0 Å². The molecule has 1 N–H and O–H groups in total. The van der Waals surface area contributed by atoms with Crippen LogP contribution in [0.15, 0.2) is 0 Å². The third kappa shape index (κ3) is 2.57. The molecule has 0 aromatic carbocycles. The molecule has 0 amide bonds. The average molecular weight is 286 g/mol. The highest BCUT2D eigenvalue weighted by molar-refractivity contribution is 5.72. The molecule has 1 aliphatic heterocycles. The topological polar surface area (TPSA) is 74.2 Å². The van der Waals surface area contributed by atoms with Crippen molar-refractivity contribution < 1.29 is 29.1 Å². The number of hydrogen-bond donors (Lipinski definition) is 1. The highest BCUT2D eigenvalue weighted by atomic mass is 17.3. The molecule has 0 bridgehead atoms. The zero-order valence-corrected chi connectivity index (χ0v) is 11.8. The lowest BCUT2D eigenvalue weighted by Crippen LogP contribution is -2.43. The minimum atomic E-state index is -0.796. The number of rotatable bonds is 1. The van der Waals surface area contributed by atoms with Gasteiger partial charge in [0.05, 0.1) is 19.1 Å². The standard InChI is InChI=1S/C14H22O6/c1-17-12(16)10-4-7-13(8-5-10)18-14(20-19-13)6-2-3-11(15)9-14/h10-11,15H,2-9H2,1H3. The normalized spacial score (nSPS) is 44.9. The fourth-order valence-electron chi connectivity index (χ4n) is 3.51. The number of aliphatic hydroxyl groups excluding tert-OH is 1. The van der Waals surface area contributed by atoms with Crippen molar-refractivity contribution in [3.8, 4) is 0 Å². The van der Waals surface area contributed by atoms with Crippen LogP contribution in [0, 0.1) is 5.92 Å². The summed E-state index contributed by atoms with van der Waals surface area (Å²) < 4.78 is 10.9. The van der Waals surface area contributed by atoms with Crippen molar-refractivity contribution in [2.45, 2.75) is 69.0 Å². The van der Waals surface area contributed by atoms with E-state index in [9.17, 15) is 9.90 Å². The van der Waals surface area contributed by atoms with Crippen molar-refractivity contribution in [1.82, 2.24) is 0 Å². The molecule has 6 heteroatoms.